The summed E-state index contributed by atoms with van der Waals surface area (Å²) in [6, 6.07) is 19.2. The van der Waals surface area contributed by atoms with Crippen LogP contribution in [0.4, 0.5) is 0 Å². The van der Waals surface area contributed by atoms with Gasteiger partial charge in [-0.1, -0.05) is 99.5 Å². The Balaban J connectivity index is 1.93. The summed E-state index contributed by atoms with van der Waals surface area (Å²) in [5.41, 5.74) is 4.63. The van der Waals surface area contributed by atoms with Crippen LogP contribution in [0.1, 0.15) is 68.4 Å². The lowest BCUT2D eigenvalue weighted by atomic mass is 9.85. The monoisotopic (exact) mass is 785 g/mol. The molecule has 57 heavy (non-hydrogen) atoms. The molecule has 0 aromatic heterocycles. The molecule has 310 valence electrons. The number of phenolic OH excluding ortho intramolecular Hbond substituents is 1. The highest BCUT2D eigenvalue weighted by molar-refractivity contribution is 5.94. The van der Waals surface area contributed by atoms with E-state index in [1.54, 1.807) is 31.1 Å². The van der Waals surface area contributed by atoms with Gasteiger partial charge in [0.2, 0.25) is 11.8 Å². The van der Waals surface area contributed by atoms with Gasteiger partial charge in [-0.15, -0.1) is 0 Å². The van der Waals surface area contributed by atoms with E-state index in [2.05, 4.69) is 0 Å². The Morgan fingerprint density at radius 2 is 1.07 bits per heavy atom. The number of hydrogen-bond donors (Lipinski definition) is 1. The van der Waals surface area contributed by atoms with Crippen molar-refractivity contribution >= 4 is 29.5 Å². The zero-order chi connectivity index (χ0) is 42.6. The summed E-state index contributed by atoms with van der Waals surface area (Å²) in [6.45, 7) is 11.4. The molecule has 0 heterocycles. The van der Waals surface area contributed by atoms with Crippen LogP contribution in [0.5, 0.6) is 5.75 Å². The highest BCUT2D eigenvalue weighted by Crippen LogP contribution is 2.26. The van der Waals surface area contributed by atoms with Crippen molar-refractivity contribution in [3.05, 3.63) is 101 Å². The van der Waals surface area contributed by atoms with Crippen molar-refractivity contribution in [2.24, 2.45) is 17.8 Å². The summed E-state index contributed by atoms with van der Waals surface area (Å²) in [4.78, 5) is 74.7. The zero-order valence-electron chi connectivity index (χ0n) is 35.7. The van der Waals surface area contributed by atoms with Crippen molar-refractivity contribution in [2.45, 2.75) is 97.9 Å². The van der Waals surface area contributed by atoms with E-state index in [1.165, 1.54) is 43.1 Å². The van der Waals surface area contributed by atoms with Gasteiger partial charge in [0.15, 0.2) is 11.9 Å². The first-order valence-corrected chi connectivity index (χ1v) is 19.8. The van der Waals surface area contributed by atoms with Crippen LogP contribution in [0.15, 0.2) is 72.8 Å². The first-order chi connectivity index (χ1) is 26.9. The van der Waals surface area contributed by atoms with E-state index in [9.17, 15) is 29.1 Å². The molecule has 3 rings (SSSR count). The molecule has 1 unspecified atom stereocenters. The number of rotatable bonds is 20. The SMILES string of the molecule is CC[C@@H](C)[C@H](OC(=O)[C@H](Cc1ccc(C)cc1)N(C)C)C(=O)CC(C(=O)N(C)[C@H](Cc1ccc(O)cc1)C(=O)N(C)[C@H](Cc1ccc(C)cc1)C(=O)OC)C(C)C. The number of benzene rings is 3. The van der Waals surface area contributed by atoms with Crippen molar-refractivity contribution in [1.29, 1.82) is 0 Å². The highest BCUT2D eigenvalue weighted by Gasteiger charge is 2.40. The third-order valence-electron chi connectivity index (χ3n) is 11.0. The average molecular weight is 786 g/mol. The van der Waals surface area contributed by atoms with Crippen LogP contribution < -0.4 is 0 Å². The molecule has 0 aliphatic carbocycles. The fourth-order valence-corrected chi connectivity index (χ4v) is 6.79. The number of likely N-dealkylation sites (N-methyl/N-ethyl adjacent to an activating group) is 3. The molecule has 1 N–H and O–H groups in total. The number of hydrogen-bond acceptors (Lipinski definition) is 9. The number of ketones is 1. The maximum atomic E-state index is 14.6. The van der Waals surface area contributed by atoms with Crippen molar-refractivity contribution in [3.63, 3.8) is 0 Å². The van der Waals surface area contributed by atoms with Gasteiger partial charge < -0.3 is 24.4 Å². The number of phenols is 1. The van der Waals surface area contributed by atoms with Crippen molar-refractivity contribution in [1.82, 2.24) is 14.7 Å². The van der Waals surface area contributed by atoms with E-state index in [0.717, 1.165) is 22.3 Å². The second kappa shape index (κ2) is 21.5. The van der Waals surface area contributed by atoms with E-state index in [-0.39, 0.29) is 42.6 Å². The lowest BCUT2D eigenvalue weighted by molar-refractivity contribution is -0.163. The van der Waals surface area contributed by atoms with Crippen LogP contribution in [0.2, 0.25) is 0 Å². The molecule has 2 amide bonds. The van der Waals surface area contributed by atoms with Crippen LogP contribution in [0, 0.1) is 31.6 Å². The summed E-state index contributed by atoms with van der Waals surface area (Å²) >= 11 is 0. The van der Waals surface area contributed by atoms with E-state index in [0.29, 0.717) is 18.4 Å². The summed E-state index contributed by atoms with van der Waals surface area (Å²) in [6.07, 6.45) is -0.0562. The lowest BCUT2D eigenvalue weighted by Crippen LogP contribution is -2.55. The number of ether oxygens (including phenoxy) is 2. The highest BCUT2D eigenvalue weighted by atomic mass is 16.5. The first kappa shape index (κ1) is 46.4. The number of esters is 2. The molecule has 0 spiro atoms. The number of Topliss-reactive ketones (excluding diaryl/α,β-unsaturated/α-hetero) is 1. The van der Waals surface area contributed by atoms with Gasteiger partial charge in [-0.25, -0.2) is 4.79 Å². The number of nitrogens with zero attached hydrogens (tertiary/aromatic N) is 3. The van der Waals surface area contributed by atoms with E-state index in [1.807, 2.05) is 90.1 Å². The maximum absolute atomic E-state index is 14.6. The predicted molar refractivity (Wildman–Crippen MR) is 221 cm³/mol. The number of methoxy groups -OCH3 is 1. The van der Waals surface area contributed by atoms with Crippen molar-refractivity contribution in [3.8, 4) is 5.75 Å². The minimum absolute atomic E-state index is 0.0500. The molecule has 0 saturated heterocycles. The fraction of sp³-hybridized carbons (Fsp3) is 0.500. The Morgan fingerprint density at radius 3 is 1.51 bits per heavy atom. The molecule has 0 aliphatic rings. The maximum Gasteiger partial charge on any atom is 0.328 e. The smallest absolute Gasteiger partial charge is 0.328 e. The Labute approximate surface area is 339 Å². The number of aromatic hydroxyl groups is 1. The summed E-state index contributed by atoms with van der Waals surface area (Å²) in [5, 5.41) is 9.95. The normalized spacial score (nSPS) is 14.5. The molecule has 0 bridgehead atoms. The largest absolute Gasteiger partial charge is 0.508 e. The third kappa shape index (κ3) is 13.0. The summed E-state index contributed by atoms with van der Waals surface area (Å²) < 4.78 is 11.2. The van der Waals surface area contributed by atoms with E-state index < -0.39 is 53.9 Å². The molecule has 0 saturated carbocycles. The van der Waals surface area contributed by atoms with Gasteiger partial charge in [0.05, 0.1) is 7.11 Å². The number of carbonyl (C=O) groups excluding carboxylic acids is 5. The average Bonchev–Trinajstić information content (AvgIpc) is 3.19. The molecule has 3 aromatic rings. The van der Waals surface area contributed by atoms with Gasteiger partial charge in [-0.2, -0.15) is 0 Å². The molecule has 0 aliphatic heterocycles. The zero-order valence-corrected chi connectivity index (χ0v) is 35.7. The Bertz CT molecular complexity index is 1790. The number of carbonyl (C=O) groups is 5. The van der Waals surface area contributed by atoms with Gasteiger partial charge in [-0.3, -0.25) is 24.1 Å². The summed E-state index contributed by atoms with van der Waals surface area (Å²) in [7, 11) is 7.92. The van der Waals surface area contributed by atoms with Gasteiger partial charge in [-0.05, 0) is 75.5 Å². The Morgan fingerprint density at radius 1 is 0.632 bits per heavy atom. The minimum Gasteiger partial charge on any atom is -0.508 e. The fourth-order valence-electron chi connectivity index (χ4n) is 6.79. The molecule has 6 atom stereocenters. The third-order valence-corrected chi connectivity index (χ3v) is 11.0. The minimum atomic E-state index is -1.08. The quantitative estimate of drug-likeness (QED) is 0.137. The Kier molecular flexibility index (Phi) is 17.5. The van der Waals surface area contributed by atoms with Gasteiger partial charge in [0.1, 0.15) is 23.9 Å². The molecular formula is C46H63N3O8. The van der Waals surface area contributed by atoms with Crippen LogP contribution >= 0.6 is 0 Å². The molecule has 3 aromatic carbocycles. The second-order valence-corrected chi connectivity index (χ2v) is 15.9. The van der Waals surface area contributed by atoms with Crippen molar-refractivity contribution in [2.75, 3.05) is 35.3 Å². The van der Waals surface area contributed by atoms with Crippen LogP contribution in [0.3, 0.4) is 0 Å². The number of amides is 2. The van der Waals surface area contributed by atoms with Gasteiger partial charge in [0.25, 0.3) is 0 Å². The molecule has 0 fully saturated rings. The van der Waals surface area contributed by atoms with Crippen LogP contribution in [0.25, 0.3) is 0 Å². The topological polar surface area (TPSA) is 134 Å². The van der Waals surface area contributed by atoms with Gasteiger partial charge in [0, 0.05) is 45.2 Å². The second-order valence-electron chi connectivity index (χ2n) is 15.9. The van der Waals surface area contributed by atoms with Gasteiger partial charge >= 0.3 is 11.9 Å². The molecule has 11 nitrogen and oxygen atoms in total. The van der Waals surface area contributed by atoms with Crippen LogP contribution in [-0.4, -0.2) is 109 Å². The number of aryl methyl sites for hydroxylation is 2. The Hall–Kier alpha value is -5.03. The summed E-state index contributed by atoms with van der Waals surface area (Å²) in [5.74, 6) is -3.85. The first-order valence-electron chi connectivity index (χ1n) is 19.8. The van der Waals surface area contributed by atoms with Crippen molar-refractivity contribution < 1.29 is 38.6 Å². The molecule has 0 radical (unpaired) electrons. The predicted octanol–water partition coefficient (Wildman–Crippen LogP) is 5.98. The molecular weight excluding hydrogens is 723 g/mol. The standard InChI is InChI=1S/C46H63N3O8/c1-12-32(6)42(57-46(55)39(47(7)8)26-33-17-13-30(4)14-18-33)41(51)28-37(29(2)3)43(52)48(9)38(25-35-21-23-36(50)24-22-35)44(53)49(10)40(45(54)56-11)27-34-19-15-31(5)16-20-34/h13-24,29,32,37-40,42,50H,12,25-28H2,1-11H3/t32-,37?,38-,39+,40-,42+/m1/s1. The van der Waals surface area contributed by atoms with E-state index >= 15 is 0 Å². The van der Waals surface area contributed by atoms with E-state index in [4.69, 9.17) is 9.47 Å². The van der Waals surface area contributed by atoms with Crippen LogP contribution in [-0.2, 0) is 52.7 Å². The molecule has 11 heteroatoms. The lowest BCUT2D eigenvalue weighted by Gasteiger charge is -2.36.